The van der Waals surface area contributed by atoms with Crippen molar-refractivity contribution in [2.45, 2.75) is 65.3 Å². The molecular weight excluding hydrogens is 182 g/mol. The van der Waals surface area contributed by atoms with Crippen LogP contribution in [0.2, 0.25) is 0 Å². The van der Waals surface area contributed by atoms with Gasteiger partial charge in [0, 0.05) is 6.04 Å². The molecule has 1 N–H and O–H groups in total. The Morgan fingerprint density at radius 3 is 2.13 bits per heavy atom. The topological polar surface area (TPSA) is 12.0 Å². The molecule has 1 aliphatic rings. The first kappa shape index (κ1) is 13.0. The van der Waals surface area contributed by atoms with Crippen molar-refractivity contribution in [1.82, 2.24) is 5.32 Å². The molecule has 0 amide bonds. The smallest absolute Gasteiger partial charge is 0.00665 e. The number of hydrogen-bond donors (Lipinski definition) is 1. The molecular formula is C14H29N. The van der Waals surface area contributed by atoms with E-state index in [2.05, 4.69) is 33.1 Å². The minimum absolute atomic E-state index is 0.673. The summed E-state index contributed by atoms with van der Waals surface area (Å²) in [4.78, 5) is 0. The van der Waals surface area contributed by atoms with Gasteiger partial charge >= 0.3 is 0 Å². The fraction of sp³-hybridized carbons (Fsp3) is 1.00. The quantitative estimate of drug-likeness (QED) is 0.728. The van der Waals surface area contributed by atoms with Crippen LogP contribution in [0.25, 0.3) is 0 Å². The fourth-order valence-corrected chi connectivity index (χ4v) is 3.08. The Balaban J connectivity index is 2.42. The molecule has 0 heterocycles. The van der Waals surface area contributed by atoms with Crippen molar-refractivity contribution in [3.8, 4) is 0 Å². The fourth-order valence-electron chi connectivity index (χ4n) is 3.08. The second kappa shape index (κ2) is 6.52. The Morgan fingerprint density at radius 1 is 1.07 bits per heavy atom. The van der Waals surface area contributed by atoms with Crippen LogP contribution >= 0.6 is 0 Å². The lowest BCUT2D eigenvalue weighted by Gasteiger charge is -2.32. The second-order valence-corrected chi connectivity index (χ2v) is 5.72. The van der Waals surface area contributed by atoms with E-state index in [1.165, 1.54) is 38.5 Å². The van der Waals surface area contributed by atoms with E-state index in [9.17, 15) is 0 Å². The summed E-state index contributed by atoms with van der Waals surface area (Å²) >= 11 is 0. The standard InChI is InChI=1S/C14H29N/c1-11(2)14(12(3)15-4)10-13-8-6-5-7-9-13/h11-15H,5-10H2,1-4H3. The molecule has 0 bridgehead atoms. The Labute approximate surface area is 96.0 Å². The van der Waals surface area contributed by atoms with Gasteiger partial charge in [0.2, 0.25) is 0 Å². The largest absolute Gasteiger partial charge is 0.317 e. The second-order valence-electron chi connectivity index (χ2n) is 5.72. The summed E-state index contributed by atoms with van der Waals surface area (Å²) in [5.74, 6) is 2.69. The van der Waals surface area contributed by atoms with Crippen molar-refractivity contribution in [3.63, 3.8) is 0 Å². The average Bonchev–Trinajstić information content (AvgIpc) is 2.26. The molecule has 1 fully saturated rings. The van der Waals surface area contributed by atoms with Crippen LogP contribution in [0.15, 0.2) is 0 Å². The minimum Gasteiger partial charge on any atom is -0.317 e. The van der Waals surface area contributed by atoms with E-state index in [1.807, 2.05) is 0 Å². The third kappa shape index (κ3) is 4.14. The highest BCUT2D eigenvalue weighted by atomic mass is 14.9. The first-order valence-corrected chi connectivity index (χ1v) is 6.82. The van der Waals surface area contributed by atoms with Gasteiger partial charge in [-0.05, 0) is 38.1 Å². The van der Waals surface area contributed by atoms with Crippen LogP contribution in [0.3, 0.4) is 0 Å². The van der Waals surface area contributed by atoms with E-state index in [0.29, 0.717) is 6.04 Å². The van der Waals surface area contributed by atoms with E-state index in [4.69, 9.17) is 0 Å². The van der Waals surface area contributed by atoms with E-state index in [-0.39, 0.29) is 0 Å². The van der Waals surface area contributed by atoms with Crippen molar-refractivity contribution in [2.24, 2.45) is 17.8 Å². The van der Waals surface area contributed by atoms with Crippen molar-refractivity contribution >= 4 is 0 Å². The Kier molecular flexibility index (Phi) is 5.66. The molecule has 0 aromatic rings. The molecule has 0 radical (unpaired) electrons. The maximum atomic E-state index is 3.44. The molecule has 15 heavy (non-hydrogen) atoms. The van der Waals surface area contributed by atoms with Gasteiger partial charge in [-0.1, -0.05) is 46.0 Å². The SMILES string of the molecule is CNC(C)C(CC1CCCCC1)C(C)C. The van der Waals surface area contributed by atoms with Crippen LogP contribution in [0.1, 0.15) is 59.3 Å². The molecule has 1 nitrogen and oxygen atoms in total. The number of hydrogen-bond acceptors (Lipinski definition) is 1. The Bertz CT molecular complexity index is 159. The van der Waals surface area contributed by atoms with Crippen LogP contribution in [0.4, 0.5) is 0 Å². The van der Waals surface area contributed by atoms with E-state index in [1.54, 1.807) is 0 Å². The normalized spacial score (nSPS) is 23.0. The third-order valence-corrected chi connectivity index (χ3v) is 4.28. The molecule has 2 atom stereocenters. The summed E-state index contributed by atoms with van der Waals surface area (Å²) in [7, 11) is 2.10. The average molecular weight is 211 g/mol. The first-order valence-electron chi connectivity index (χ1n) is 6.82. The molecule has 1 heteroatoms. The zero-order valence-electron chi connectivity index (χ0n) is 11.1. The lowest BCUT2D eigenvalue weighted by Crippen LogP contribution is -2.35. The maximum absolute atomic E-state index is 3.44. The molecule has 0 saturated heterocycles. The van der Waals surface area contributed by atoms with Crippen molar-refractivity contribution in [2.75, 3.05) is 7.05 Å². The monoisotopic (exact) mass is 211 g/mol. The highest BCUT2D eigenvalue weighted by Gasteiger charge is 2.24. The van der Waals surface area contributed by atoms with Gasteiger partial charge in [0.15, 0.2) is 0 Å². The molecule has 1 rings (SSSR count). The van der Waals surface area contributed by atoms with Gasteiger partial charge in [-0.2, -0.15) is 0 Å². The summed E-state index contributed by atoms with van der Waals surface area (Å²) < 4.78 is 0. The van der Waals surface area contributed by atoms with Gasteiger partial charge in [-0.25, -0.2) is 0 Å². The zero-order valence-corrected chi connectivity index (χ0v) is 11.1. The van der Waals surface area contributed by atoms with Crippen LogP contribution in [-0.4, -0.2) is 13.1 Å². The van der Waals surface area contributed by atoms with Crippen molar-refractivity contribution in [3.05, 3.63) is 0 Å². The zero-order chi connectivity index (χ0) is 11.3. The summed E-state index contributed by atoms with van der Waals surface area (Å²) in [5, 5.41) is 3.44. The van der Waals surface area contributed by atoms with Gasteiger partial charge in [-0.15, -0.1) is 0 Å². The third-order valence-electron chi connectivity index (χ3n) is 4.28. The van der Waals surface area contributed by atoms with Crippen LogP contribution in [-0.2, 0) is 0 Å². The van der Waals surface area contributed by atoms with E-state index < -0.39 is 0 Å². The molecule has 2 unspecified atom stereocenters. The molecule has 1 aliphatic carbocycles. The van der Waals surface area contributed by atoms with Crippen LogP contribution in [0.5, 0.6) is 0 Å². The molecule has 1 saturated carbocycles. The van der Waals surface area contributed by atoms with Gasteiger partial charge < -0.3 is 5.32 Å². The Morgan fingerprint density at radius 2 is 1.67 bits per heavy atom. The number of nitrogens with one attached hydrogen (secondary N) is 1. The highest BCUT2D eigenvalue weighted by molar-refractivity contribution is 4.78. The molecule has 0 aromatic carbocycles. The van der Waals surface area contributed by atoms with Crippen LogP contribution < -0.4 is 5.32 Å². The summed E-state index contributed by atoms with van der Waals surface area (Å²) in [6.45, 7) is 7.09. The Hall–Kier alpha value is -0.0400. The summed E-state index contributed by atoms with van der Waals surface area (Å²) in [6.07, 6.45) is 8.84. The van der Waals surface area contributed by atoms with Gasteiger partial charge in [-0.3, -0.25) is 0 Å². The van der Waals surface area contributed by atoms with Gasteiger partial charge in [0.1, 0.15) is 0 Å². The lowest BCUT2D eigenvalue weighted by molar-refractivity contribution is 0.210. The molecule has 0 aromatic heterocycles. The summed E-state index contributed by atoms with van der Waals surface area (Å²) in [5.41, 5.74) is 0. The highest BCUT2D eigenvalue weighted by Crippen LogP contribution is 2.32. The first-order chi connectivity index (χ1) is 7.15. The molecule has 0 aliphatic heterocycles. The maximum Gasteiger partial charge on any atom is 0.00665 e. The van der Waals surface area contributed by atoms with E-state index in [0.717, 1.165) is 17.8 Å². The minimum atomic E-state index is 0.673. The van der Waals surface area contributed by atoms with Gasteiger partial charge in [0.05, 0.1) is 0 Å². The van der Waals surface area contributed by atoms with E-state index >= 15 is 0 Å². The summed E-state index contributed by atoms with van der Waals surface area (Å²) in [6, 6.07) is 0.673. The number of rotatable bonds is 5. The molecule has 0 spiro atoms. The van der Waals surface area contributed by atoms with Crippen molar-refractivity contribution in [1.29, 1.82) is 0 Å². The predicted octanol–water partition coefficient (Wildman–Crippen LogP) is 3.84. The lowest BCUT2D eigenvalue weighted by atomic mass is 9.77. The molecule has 90 valence electrons. The van der Waals surface area contributed by atoms with Crippen LogP contribution in [0, 0.1) is 17.8 Å². The van der Waals surface area contributed by atoms with Gasteiger partial charge in [0.25, 0.3) is 0 Å². The predicted molar refractivity (Wildman–Crippen MR) is 68.0 cm³/mol. The van der Waals surface area contributed by atoms with Crippen molar-refractivity contribution < 1.29 is 0 Å².